The van der Waals surface area contributed by atoms with Crippen LogP contribution in [0, 0.1) is 0 Å². The topological polar surface area (TPSA) is 9.86 Å². The fourth-order valence-electron chi connectivity index (χ4n) is 11.7. The van der Waals surface area contributed by atoms with Crippen LogP contribution in [0.25, 0.3) is 87.8 Å². The van der Waals surface area contributed by atoms with Crippen LogP contribution >= 0.6 is 0 Å². The number of fused-ring (bicyclic) bond motifs is 15. The lowest BCUT2D eigenvalue weighted by atomic mass is 9.78. The van der Waals surface area contributed by atoms with Crippen LogP contribution in [-0.2, 0) is 16.2 Å². The van der Waals surface area contributed by atoms with Gasteiger partial charge >= 0.3 is 0 Å². The van der Waals surface area contributed by atoms with Gasteiger partial charge in [0.05, 0.1) is 11.4 Å². The summed E-state index contributed by atoms with van der Waals surface area (Å²) in [7, 11) is 0. The van der Waals surface area contributed by atoms with E-state index in [1.807, 2.05) is 0 Å². The second-order valence-corrected chi connectivity index (χ2v) is 19.1. The van der Waals surface area contributed by atoms with Gasteiger partial charge in [-0.2, -0.15) is 0 Å². The first-order valence-corrected chi connectivity index (χ1v) is 21.2. The highest BCUT2D eigenvalue weighted by Gasteiger charge is 2.45. The predicted molar refractivity (Wildman–Crippen MR) is 248 cm³/mol. The van der Waals surface area contributed by atoms with Gasteiger partial charge in [0.1, 0.15) is 0 Å². The van der Waals surface area contributed by atoms with Crippen molar-refractivity contribution in [2.24, 2.45) is 0 Å². The summed E-state index contributed by atoms with van der Waals surface area (Å²) in [5.41, 5.74) is 18.8. The maximum absolute atomic E-state index is 2.59. The van der Waals surface area contributed by atoms with Gasteiger partial charge < -0.3 is 9.13 Å². The summed E-state index contributed by atoms with van der Waals surface area (Å²) in [6.07, 6.45) is 9.15. The molecule has 0 unspecified atom stereocenters. The molecule has 0 fully saturated rings. The van der Waals surface area contributed by atoms with E-state index in [1.54, 1.807) is 0 Å². The Morgan fingerprint density at radius 2 is 0.593 bits per heavy atom. The fourth-order valence-corrected chi connectivity index (χ4v) is 11.7. The number of rotatable bonds is 2. The minimum absolute atomic E-state index is 0.170. The molecule has 282 valence electrons. The van der Waals surface area contributed by atoms with Gasteiger partial charge in [-0.25, -0.2) is 0 Å². The van der Waals surface area contributed by atoms with Gasteiger partial charge in [0, 0.05) is 51.8 Å². The molecule has 3 aliphatic rings. The van der Waals surface area contributed by atoms with Crippen molar-refractivity contribution in [3.05, 3.63) is 192 Å². The lowest BCUT2D eigenvalue weighted by Crippen LogP contribution is -2.17. The van der Waals surface area contributed by atoms with Crippen molar-refractivity contribution in [1.82, 2.24) is 9.13 Å². The first kappa shape index (κ1) is 33.3. The average molecular weight is 757 g/mol. The maximum atomic E-state index is 2.59. The summed E-state index contributed by atoms with van der Waals surface area (Å²) < 4.78 is 4.69. The largest absolute Gasteiger partial charge is 0.322 e. The van der Waals surface area contributed by atoms with Gasteiger partial charge in [-0.1, -0.05) is 139 Å². The third kappa shape index (κ3) is 4.16. The van der Waals surface area contributed by atoms with Crippen LogP contribution in [0.4, 0.5) is 0 Å². The standard InChI is InChI=1S/C57H44N2/c1-55(2)45-25-43-47(56(3,4)49-27-51(37-19-11-13-21-39(37)53(43)49)58-29-33-15-7-8-16-34(33)30-58)23-41(45)42-24-48-44(26-46(42)55)54-40-22-14-12-20-38(40)52(28-50(54)57(48,5)6)59-31-35-17-9-10-18-36(35)32-59/h7-32H,1-6H3. The van der Waals surface area contributed by atoms with Crippen molar-refractivity contribution in [3.8, 4) is 44.8 Å². The monoisotopic (exact) mass is 756 g/mol. The first-order chi connectivity index (χ1) is 28.5. The van der Waals surface area contributed by atoms with E-state index in [0.29, 0.717) is 0 Å². The number of hydrogen-bond donors (Lipinski definition) is 0. The maximum Gasteiger partial charge on any atom is 0.0531 e. The van der Waals surface area contributed by atoms with E-state index in [-0.39, 0.29) is 16.2 Å². The molecule has 2 nitrogen and oxygen atoms in total. The number of benzene rings is 8. The molecule has 0 bridgehead atoms. The summed E-state index contributed by atoms with van der Waals surface area (Å²) in [6, 6.07) is 50.8. The Morgan fingerprint density at radius 3 is 0.966 bits per heavy atom. The van der Waals surface area contributed by atoms with E-state index in [1.165, 1.54) is 121 Å². The molecule has 0 saturated heterocycles. The molecule has 0 saturated carbocycles. The smallest absolute Gasteiger partial charge is 0.0531 e. The molecule has 0 aliphatic heterocycles. The van der Waals surface area contributed by atoms with Gasteiger partial charge in [0.15, 0.2) is 0 Å². The van der Waals surface area contributed by atoms with E-state index in [4.69, 9.17) is 0 Å². The molecule has 0 N–H and O–H groups in total. The van der Waals surface area contributed by atoms with Crippen molar-refractivity contribution < 1.29 is 0 Å². The van der Waals surface area contributed by atoms with E-state index < -0.39 is 0 Å². The molecule has 8 aromatic carbocycles. The van der Waals surface area contributed by atoms with Crippen LogP contribution in [0.5, 0.6) is 0 Å². The van der Waals surface area contributed by atoms with Gasteiger partial charge in [-0.05, 0) is 135 Å². The minimum Gasteiger partial charge on any atom is -0.322 e. The quantitative estimate of drug-likeness (QED) is 0.166. The Hall–Kier alpha value is -6.64. The summed E-state index contributed by atoms with van der Waals surface area (Å²) >= 11 is 0. The highest BCUT2D eigenvalue weighted by Crippen LogP contribution is 2.61. The lowest BCUT2D eigenvalue weighted by molar-refractivity contribution is 0.649. The zero-order valence-corrected chi connectivity index (χ0v) is 34.4. The van der Waals surface area contributed by atoms with Gasteiger partial charge in [-0.3, -0.25) is 0 Å². The molecule has 0 amide bonds. The van der Waals surface area contributed by atoms with Crippen molar-refractivity contribution in [2.75, 3.05) is 0 Å². The molecule has 0 spiro atoms. The Balaban J connectivity index is 1.00. The molecular weight excluding hydrogens is 713 g/mol. The average Bonchev–Trinajstić information content (AvgIpc) is 4.02. The van der Waals surface area contributed by atoms with Gasteiger partial charge in [0.25, 0.3) is 0 Å². The van der Waals surface area contributed by atoms with E-state index in [0.717, 1.165) is 0 Å². The van der Waals surface area contributed by atoms with Crippen LogP contribution in [0.15, 0.2) is 158 Å². The normalized spacial score (nSPS) is 16.0. The second-order valence-electron chi connectivity index (χ2n) is 19.1. The summed E-state index contributed by atoms with van der Waals surface area (Å²) in [6.45, 7) is 14.7. The fraction of sp³-hybridized carbons (Fsp3) is 0.158. The summed E-state index contributed by atoms with van der Waals surface area (Å²) in [4.78, 5) is 0. The molecular formula is C57H44N2. The molecule has 2 heteroatoms. The Kier molecular flexibility index (Phi) is 6.16. The van der Waals surface area contributed by atoms with Gasteiger partial charge in [0.2, 0.25) is 0 Å². The third-order valence-electron chi connectivity index (χ3n) is 14.9. The molecule has 59 heavy (non-hydrogen) atoms. The highest BCUT2D eigenvalue weighted by atomic mass is 15.0. The Labute approximate surface area is 345 Å². The minimum atomic E-state index is -0.178. The Morgan fingerprint density at radius 1 is 0.305 bits per heavy atom. The molecule has 13 rings (SSSR count). The highest BCUT2D eigenvalue weighted by molar-refractivity contribution is 6.09. The van der Waals surface area contributed by atoms with Crippen molar-refractivity contribution in [1.29, 1.82) is 0 Å². The van der Waals surface area contributed by atoms with Crippen LogP contribution in [0.2, 0.25) is 0 Å². The van der Waals surface area contributed by atoms with Crippen LogP contribution < -0.4 is 0 Å². The molecule has 10 aromatic rings. The zero-order valence-electron chi connectivity index (χ0n) is 34.4. The van der Waals surface area contributed by atoms with Crippen LogP contribution in [-0.4, -0.2) is 9.13 Å². The number of aromatic nitrogens is 2. The summed E-state index contributed by atoms with van der Waals surface area (Å²) in [5, 5.41) is 10.3. The molecule has 2 heterocycles. The predicted octanol–water partition coefficient (Wildman–Crippen LogP) is 14.8. The lowest BCUT2D eigenvalue weighted by Gasteiger charge is -2.25. The molecule has 0 radical (unpaired) electrons. The van der Waals surface area contributed by atoms with E-state index in [2.05, 4.69) is 209 Å². The molecule has 0 atom stereocenters. The summed E-state index contributed by atoms with van der Waals surface area (Å²) in [5.74, 6) is 0. The van der Waals surface area contributed by atoms with E-state index in [9.17, 15) is 0 Å². The first-order valence-electron chi connectivity index (χ1n) is 21.2. The number of hydrogen-bond acceptors (Lipinski definition) is 0. The number of nitrogens with zero attached hydrogens (tertiary/aromatic N) is 2. The van der Waals surface area contributed by atoms with Crippen LogP contribution in [0.3, 0.4) is 0 Å². The zero-order chi connectivity index (χ0) is 39.7. The Bertz CT molecular complexity index is 3230. The van der Waals surface area contributed by atoms with Crippen LogP contribution in [0.1, 0.15) is 74.9 Å². The second kappa shape index (κ2) is 10.9. The molecule has 3 aliphatic carbocycles. The van der Waals surface area contributed by atoms with Crippen molar-refractivity contribution in [3.63, 3.8) is 0 Å². The van der Waals surface area contributed by atoms with E-state index >= 15 is 0 Å². The molecule has 2 aromatic heterocycles. The van der Waals surface area contributed by atoms with Gasteiger partial charge in [-0.15, -0.1) is 0 Å². The van der Waals surface area contributed by atoms with Crippen molar-refractivity contribution in [2.45, 2.75) is 57.8 Å². The SMILES string of the molecule is CC1(C)c2cc3c(cc2-c2cc4c(cc21)-c1c(cc(-n2cc5ccccc5c2)c2ccccc12)C4(C)C)C(C)(C)c1cc(-n2cc4ccccc4c2)c2ccccc2c1-3. The third-order valence-corrected chi connectivity index (χ3v) is 14.9. The van der Waals surface area contributed by atoms with Crippen molar-refractivity contribution >= 4 is 43.1 Å².